The largest absolute Gasteiger partial charge is 0.345 e. The molecule has 6 nitrogen and oxygen atoms in total. The van der Waals surface area contributed by atoms with Gasteiger partial charge in [0.2, 0.25) is 0 Å². The molecule has 0 spiro atoms. The van der Waals surface area contributed by atoms with E-state index in [-0.39, 0.29) is 6.54 Å². The molecule has 3 aromatic rings. The molecule has 0 bridgehead atoms. The smallest absolute Gasteiger partial charge is 0.257 e. The maximum Gasteiger partial charge on any atom is 0.257 e. The summed E-state index contributed by atoms with van der Waals surface area (Å²) in [4.78, 5) is 14.6. The van der Waals surface area contributed by atoms with Crippen LogP contribution in [-0.4, -0.2) is 38.7 Å². The standard InChI is InChI=1S/C23H25F2N5O/c1-2-16-6-8-17(9-7-16)15-29-11-10-20-27-28-21(30(20)13-12-29)14-26-23(31)22-18(24)4-3-5-19(22)25/h3-9H,2,10-15H2,1H3,(H,26,31). The number of aromatic nitrogens is 3. The lowest BCUT2D eigenvalue weighted by Crippen LogP contribution is -2.28. The quantitative estimate of drug-likeness (QED) is 0.659. The molecule has 1 amide bonds. The summed E-state index contributed by atoms with van der Waals surface area (Å²) in [5, 5.41) is 11.0. The summed E-state index contributed by atoms with van der Waals surface area (Å²) in [6.45, 7) is 5.43. The van der Waals surface area contributed by atoms with Gasteiger partial charge in [0.15, 0.2) is 5.82 Å². The van der Waals surface area contributed by atoms with E-state index in [0.717, 1.165) is 50.4 Å². The second-order valence-electron chi connectivity index (χ2n) is 7.66. The lowest BCUT2D eigenvalue weighted by atomic mass is 10.1. The van der Waals surface area contributed by atoms with Gasteiger partial charge >= 0.3 is 0 Å². The fraction of sp³-hybridized carbons (Fsp3) is 0.348. The molecule has 0 fully saturated rings. The number of fused-ring (bicyclic) bond motifs is 1. The van der Waals surface area contributed by atoms with E-state index in [2.05, 4.69) is 51.6 Å². The minimum atomic E-state index is -0.889. The summed E-state index contributed by atoms with van der Waals surface area (Å²) in [6, 6.07) is 12.0. The fourth-order valence-corrected chi connectivity index (χ4v) is 3.82. The third-order valence-electron chi connectivity index (χ3n) is 5.63. The first-order valence-corrected chi connectivity index (χ1v) is 10.5. The molecular weight excluding hydrogens is 400 g/mol. The number of benzene rings is 2. The van der Waals surface area contributed by atoms with E-state index >= 15 is 0 Å². The molecule has 0 aliphatic carbocycles. The molecule has 2 aromatic carbocycles. The first kappa shape index (κ1) is 21.1. The van der Waals surface area contributed by atoms with Crippen LogP contribution in [0.25, 0.3) is 0 Å². The van der Waals surface area contributed by atoms with Crippen LogP contribution in [0.15, 0.2) is 42.5 Å². The first-order chi connectivity index (χ1) is 15.0. The molecule has 0 unspecified atom stereocenters. The van der Waals surface area contributed by atoms with Crippen LogP contribution in [-0.2, 0) is 32.5 Å². The molecule has 1 aromatic heterocycles. The van der Waals surface area contributed by atoms with Crippen molar-refractivity contribution in [1.29, 1.82) is 0 Å². The van der Waals surface area contributed by atoms with Gasteiger partial charge in [0.05, 0.1) is 6.54 Å². The Hall–Kier alpha value is -3.13. The van der Waals surface area contributed by atoms with Crippen LogP contribution in [0.4, 0.5) is 8.78 Å². The maximum absolute atomic E-state index is 13.8. The summed E-state index contributed by atoms with van der Waals surface area (Å²) in [5.74, 6) is -1.15. The van der Waals surface area contributed by atoms with Crippen molar-refractivity contribution >= 4 is 5.91 Å². The van der Waals surface area contributed by atoms with Crippen LogP contribution in [0, 0.1) is 11.6 Å². The Balaban J connectivity index is 1.38. The molecule has 0 saturated carbocycles. The highest BCUT2D eigenvalue weighted by atomic mass is 19.1. The SMILES string of the molecule is CCc1ccc(CN2CCc3nnc(CNC(=O)c4c(F)cccc4F)n3CC2)cc1. The highest BCUT2D eigenvalue weighted by Crippen LogP contribution is 2.15. The van der Waals surface area contributed by atoms with Gasteiger partial charge in [-0.1, -0.05) is 37.3 Å². The number of rotatable bonds is 6. The van der Waals surface area contributed by atoms with E-state index in [4.69, 9.17) is 0 Å². The number of nitrogens with one attached hydrogen (secondary N) is 1. The van der Waals surface area contributed by atoms with Crippen molar-refractivity contribution in [3.63, 3.8) is 0 Å². The Bertz CT molecular complexity index is 1040. The van der Waals surface area contributed by atoms with Crippen molar-refractivity contribution in [3.8, 4) is 0 Å². The molecule has 0 atom stereocenters. The molecule has 1 aliphatic rings. The molecule has 8 heteroatoms. The third kappa shape index (κ3) is 4.80. The van der Waals surface area contributed by atoms with Gasteiger partial charge in [-0.25, -0.2) is 8.78 Å². The van der Waals surface area contributed by atoms with Gasteiger partial charge in [-0.3, -0.25) is 9.69 Å². The van der Waals surface area contributed by atoms with Crippen molar-refractivity contribution in [3.05, 3.63) is 82.4 Å². The van der Waals surface area contributed by atoms with Crippen LogP contribution in [0.5, 0.6) is 0 Å². The van der Waals surface area contributed by atoms with Crippen LogP contribution < -0.4 is 5.32 Å². The van der Waals surface area contributed by atoms with Gasteiger partial charge in [0, 0.05) is 32.6 Å². The van der Waals surface area contributed by atoms with Crippen molar-refractivity contribution in [2.75, 3.05) is 13.1 Å². The van der Waals surface area contributed by atoms with E-state index in [1.807, 2.05) is 4.57 Å². The summed E-state index contributed by atoms with van der Waals surface area (Å²) in [6.07, 6.45) is 1.77. The fourth-order valence-electron chi connectivity index (χ4n) is 3.82. The van der Waals surface area contributed by atoms with Crippen molar-refractivity contribution in [2.24, 2.45) is 0 Å². The number of hydrogen-bond acceptors (Lipinski definition) is 4. The number of hydrogen-bond donors (Lipinski definition) is 1. The number of aryl methyl sites for hydroxylation is 1. The molecule has 162 valence electrons. The summed E-state index contributed by atoms with van der Waals surface area (Å²) in [5.41, 5.74) is 2.01. The minimum Gasteiger partial charge on any atom is -0.345 e. The number of halogens is 2. The highest BCUT2D eigenvalue weighted by Gasteiger charge is 2.21. The van der Waals surface area contributed by atoms with Crippen molar-refractivity contribution in [1.82, 2.24) is 25.0 Å². The normalized spacial score (nSPS) is 14.2. The van der Waals surface area contributed by atoms with Crippen LogP contribution >= 0.6 is 0 Å². The zero-order valence-electron chi connectivity index (χ0n) is 17.4. The zero-order chi connectivity index (χ0) is 21.8. The Morgan fingerprint density at radius 3 is 2.42 bits per heavy atom. The lowest BCUT2D eigenvalue weighted by molar-refractivity contribution is 0.0941. The Morgan fingerprint density at radius 2 is 1.71 bits per heavy atom. The second kappa shape index (κ2) is 9.34. The Morgan fingerprint density at radius 1 is 1.00 bits per heavy atom. The summed E-state index contributed by atoms with van der Waals surface area (Å²) < 4.78 is 29.6. The van der Waals surface area contributed by atoms with Crippen LogP contribution in [0.2, 0.25) is 0 Å². The van der Waals surface area contributed by atoms with Gasteiger partial charge in [0.25, 0.3) is 5.91 Å². The van der Waals surface area contributed by atoms with E-state index in [0.29, 0.717) is 12.4 Å². The molecular formula is C23H25F2N5O. The topological polar surface area (TPSA) is 63.1 Å². The highest BCUT2D eigenvalue weighted by molar-refractivity contribution is 5.94. The molecule has 4 rings (SSSR count). The third-order valence-corrected chi connectivity index (χ3v) is 5.63. The van der Waals surface area contributed by atoms with E-state index in [9.17, 15) is 13.6 Å². The molecule has 31 heavy (non-hydrogen) atoms. The molecule has 1 aliphatic heterocycles. The Kier molecular flexibility index (Phi) is 6.36. The number of carbonyl (C=O) groups is 1. The van der Waals surface area contributed by atoms with Crippen molar-refractivity contribution < 1.29 is 13.6 Å². The maximum atomic E-state index is 13.8. The van der Waals surface area contributed by atoms with E-state index in [1.165, 1.54) is 17.2 Å². The van der Waals surface area contributed by atoms with Gasteiger partial charge in [-0.2, -0.15) is 0 Å². The minimum absolute atomic E-state index is 0.0537. The van der Waals surface area contributed by atoms with Gasteiger partial charge < -0.3 is 9.88 Å². The second-order valence-corrected chi connectivity index (χ2v) is 7.66. The monoisotopic (exact) mass is 425 g/mol. The molecule has 0 radical (unpaired) electrons. The average Bonchev–Trinajstić information content (AvgIpc) is 3.05. The number of amides is 1. The number of nitrogens with zero attached hydrogens (tertiary/aromatic N) is 4. The predicted molar refractivity (Wildman–Crippen MR) is 112 cm³/mol. The zero-order valence-corrected chi connectivity index (χ0v) is 17.4. The lowest BCUT2D eigenvalue weighted by Gasteiger charge is -2.19. The Labute approximate surface area is 179 Å². The number of carbonyl (C=O) groups excluding carboxylic acids is 1. The summed E-state index contributed by atoms with van der Waals surface area (Å²) in [7, 11) is 0. The predicted octanol–water partition coefficient (Wildman–Crippen LogP) is 3.11. The van der Waals surface area contributed by atoms with E-state index < -0.39 is 23.1 Å². The first-order valence-electron chi connectivity index (χ1n) is 10.5. The van der Waals surface area contributed by atoms with E-state index in [1.54, 1.807) is 0 Å². The van der Waals surface area contributed by atoms with Gasteiger partial charge in [-0.15, -0.1) is 10.2 Å². The molecule has 1 N–H and O–H groups in total. The van der Waals surface area contributed by atoms with Gasteiger partial charge in [-0.05, 0) is 29.7 Å². The average molecular weight is 425 g/mol. The van der Waals surface area contributed by atoms with Gasteiger partial charge in [0.1, 0.15) is 23.0 Å². The van der Waals surface area contributed by atoms with Crippen LogP contribution in [0.3, 0.4) is 0 Å². The van der Waals surface area contributed by atoms with Crippen molar-refractivity contribution in [2.45, 2.75) is 39.4 Å². The molecule has 0 saturated heterocycles. The summed E-state index contributed by atoms with van der Waals surface area (Å²) >= 11 is 0. The molecule has 2 heterocycles. The van der Waals surface area contributed by atoms with Crippen LogP contribution in [0.1, 0.15) is 40.1 Å².